The van der Waals surface area contributed by atoms with Crippen LogP contribution in [-0.4, -0.2) is 11.7 Å². The number of amides is 1. The fraction of sp³-hybridized carbons (Fsp3) is 0.0476. The molecule has 0 radical (unpaired) electrons. The Labute approximate surface area is 154 Å². The normalized spacial score (nSPS) is 11.6. The zero-order valence-electron chi connectivity index (χ0n) is 13.4. The van der Waals surface area contributed by atoms with E-state index in [1.54, 1.807) is 30.3 Å². The molecule has 1 amide bonds. The van der Waals surface area contributed by atoms with Crippen LogP contribution < -0.4 is 5.32 Å². The van der Waals surface area contributed by atoms with E-state index in [1.807, 2.05) is 54.6 Å². The van der Waals surface area contributed by atoms with Gasteiger partial charge < -0.3 is 5.32 Å². The lowest BCUT2D eigenvalue weighted by Crippen LogP contribution is -2.34. The third-order valence-electron chi connectivity index (χ3n) is 3.85. The number of hydrogen-bond donors (Lipinski definition) is 1. The molecule has 0 aromatic heterocycles. The number of carbonyl (C=O) groups is 2. The summed E-state index contributed by atoms with van der Waals surface area (Å²) in [6.07, 6.45) is 0. The molecule has 0 aliphatic heterocycles. The molecule has 124 valence electrons. The van der Waals surface area contributed by atoms with E-state index in [1.165, 1.54) is 0 Å². The Balaban J connectivity index is 1.94. The average Bonchev–Trinajstić information content (AvgIpc) is 2.67. The van der Waals surface area contributed by atoms with Crippen LogP contribution >= 0.6 is 15.9 Å². The minimum Gasteiger partial charge on any atom is -0.338 e. The van der Waals surface area contributed by atoms with Gasteiger partial charge in [-0.05, 0) is 33.6 Å². The van der Waals surface area contributed by atoms with Crippen LogP contribution in [0.15, 0.2) is 89.4 Å². The fourth-order valence-electron chi connectivity index (χ4n) is 2.57. The number of rotatable bonds is 5. The first-order valence-corrected chi connectivity index (χ1v) is 8.65. The quantitative estimate of drug-likeness (QED) is 0.632. The van der Waals surface area contributed by atoms with Crippen LogP contribution in [0.2, 0.25) is 0 Å². The van der Waals surface area contributed by atoms with Crippen LogP contribution in [0.4, 0.5) is 0 Å². The Morgan fingerprint density at radius 3 is 1.96 bits per heavy atom. The molecule has 3 aromatic carbocycles. The molecule has 0 spiro atoms. The highest BCUT2D eigenvalue weighted by Crippen LogP contribution is 2.21. The highest BCUT2D eigenvalue weighted by Gasteiger charge is 2.24. The summed E-state index contributed by atoms with van der Waals surface area (Å²) in [6, 6.07) is 24.6. The van der Waals surface area contributed by atoms with Gasteiger partial charge in [0.1, 0.15) is 6.04 Å². The number of Topliss-reactive ketones (excluding diaryl/α,β-unsaturated/α-hetero) is 1. The van der Waals surface area contributed by atoms with Gasteiger partial charge in [-0.3, -0.25) is 9.59 Å². The molecule has 0 saturated heterocycles. The van der Waals surface area contributed by atoms with Gasteiger partial charge in [0.25, 0.3) is 5.91 Å². The van der Waals surface area contributed by atoms with Crippen molar-refractivity contribution in [3.05, 3.63) is 106 Å². The number of halogens is 1. The predicted octanol–water partition coefficient (Wildman–Crippen LogP) is 4.80. The van der Waals surface area contributed by atoms with Crippen molar-refractivity contribution in [2.24, 2.45) is 0 Å². The van der Waals surface area contributed by atoms with Crippen molar-refractivity contribution >= 4 is 27.6 Å². The maximum absolute atomic E-state index is 13.0. The second-order valence-corrected chi connectivity index (χ2v) is 6.38. The molecule has 0 bridgehead atoms. The molecule has 4 heteroatoms. The summed E-state index contributed by atoms with van der Waals surface area (Å²) in [7, 11) is 0. The van der Waals surface area contributed by atoms with Gasteiger partial charge in [0.15, 0.2) is 5.78 Å². The van der Waals surface area contributed by atoms with Crippen LogP contribution in [0.5, 0.6) is 0 Å². The topological polar surface area (TPSA) is 46.2 Å². The van der Waals surface area contributed by atoms with E-state index in [-0.39, 0.29) is 11.7 Å². The van der Waals surface area contributed by atoms with Crippen molar-refractivity contribution in [2.75, 3.05) is 0 Å². The largest absolute Gasteiger partial charge is 0.338 e. The minimum absolute atomic E-state index is 0.146. The zero-order chi connectivity index (χ0) is 17.6. The summed E-state index contributed by atoms with van der Waals surface area (Å²) in [5, 5.41) is 2.87. The van der Waals surface area contributed by atoms with Crippen LogP contribution in [0.1, 0.15) is 32.3 Å². The van der Waals surface area contributed by atoms with Crippen molar-refractivity contribution in [3.8, 4) is 0 Å². The van der Waals surface area contributed by atoms with Gasteiger partial charge in [-0.1, -0.05) is 72.8 Å². The molecule has 0 fully saturated rings. The van der Waals surface area contributed by atoms with Gasteiger partial charge in [-0.25, -0.2) is 0 Å². The first kappa shape index (κ1) is 17.1. The minimum atomic E-state index is -0.747. The lowest BCUT2D eigenvalue weighted by atomic mass is 9.97. The molecule has 1 N–H and O–H groups in total. The zero-order valence-corrected chi connectivity index (χ0v) is 14.9. The van der Waals surface area contributed by atoms with E-state index in [0.717, 1.165) is 5.56 Å². The number of hydrogen-bond acceptors (Lipinski definition) is 2. The molecule has 3 aromatic rings. The second-order valence-electron chi connectivity index (χ2n) is 5.53. The Morgan fingerprint density at radius 2 is 1.32 bits per heavy atom. The molecule has 0 saturated carbocycles. The van der Waals surface area contributed by atoms with Gasteiger partial charge >= 0.3 is 0 Å². The summed E-state index contributed by atoms with van der Waals surface area (Å²) < 4.78 is 0.687. The number of carbonyl (C=O) groups excluding carboxylic acids is 2. The number of benzene rings is 3. The highest BCUT2D eigenvalue weighted by molar-refractivity contribution is 9.10. The summed E-state index contributed by atoms with van der Waals surface area (Å²) in [5.41, 5.74) is 1.80. The van der Waals surface area contributed by atoms with E-state index in [4.69, 9.17) is 0 Å². The molecular weight excluding hydrogens is 378 g/mol. The van der Waals surface area contributed by atoms with E-state index < -0.39 is 6.04 Å². The predicted molar refractivity (Wildman–Crippen MR) is 102 cm³/mol. The van der Waals surface area contributed by atoms with Crippen LogP contribution in [-0.2, 0) is 0 Å². The average molecular weight is 394 g/mol. The Morgan fingerprint density at radius 1 is 0.760 bits per heavy atom. The van der Waals surface area contributed by atoms with Crippen molar-refractivity contribution in [3.63, 3.8) is 0 Å². The van der Waals surface area contributed by atoms with Gasteiger partial charge in [0, 0.05) is 10.0 Å². The maximum atomic E-state index is 13.0. The lowest BCUT2D eigenvalue weighted by Gasteiger charge is -2.19. The van der Waals surface area contributed by atoms with Crippen LogP contribution in [0.3, 0.4) is 0 Å². The molecule has 0 heterocycles. The third kappa shape index (κ3) is 4.03. The molecule has 3 nitrogen and oxygen atoms in total. The molecule has 3 rings (SSSR count). The maximum Gasteiger partial charge on any atom is 0.253 e. The summed E-state index contributed by atoms with van der Waals surface area (Å²) in [4.78, 5) is 25.7. The lowest BCUT2D eigenvalue weighted by molar-refractivity contribution is 0.0856. The second kappa shape index (κ2) is 7.90. The van der Waals surface area contributed by atoms with E-state index in [2.05, 4.69) is 21.2 Å². The Bertz CT molecular complexity index is 879. The van der Waals surface area contributed by atoms with Crippen LogP contribution in [0.25, 0.3) is 0 Å². The van der Waals surface area contributed by atoms with Gasteiger partial charge in [-0.15, -0.1) is 0 Å². The van der Waals surface area contributed by atoms with E-state index >= 15 is 0 Å². The molecular formula is C21H16BrNO2. The Kier molecular flexibility index (Phi) is 5.41. The first-order chi connectivity index (χ1) is 12.2. The monoisotopic (exact) mass is 393 g/mol. The fourth-order valence-corrected chi connectivity index (χ4v) is 3.03. The number of nitrogens with one attached hydrogen (secondary N) is 1. The molecule has 0 aliphatic carbocycles. The van der Waals surface area contributed by atoms with Crippen molar-refractivity contribution < 1.29 is 9.59 Å². The summed E-state index contributed by atoms with van der Waals surface area (Å²) in [6.45, 7) is 0. The number of ketones is 1. The van der Waals surface area contributed by atoms with Crippen molar-refractivity contribution in [1.82, 2.24) is 5.32 Å². The van der Waals surface area contributed by atoms with Crippen molar-refractivity contribution in [2.45, 2.75) is 6.04 Å². The molecule has 1 unspecified atom stereocenters. The molecule has 1 atom stereocenters. The third-order valence-corrected chi connectivity index (χ3v) is 4.54. The van der Waals surface area contributed by atoms with E-state index in [0.29, 0.717) is 15.6 Å². The van der Waals surface area contributed by atoms with E-state index in [9.17, 15) is 9.59 Å². The molecule has 25 heavy (non-hydrogen) atoms. The van der Waals surface area contributed by atoms with Gasteiger partial charge in [-0.2, -0.15) is 0 Å². The smallest absolute Gasteiger partial charge is 0.253 e. The SMILES string of the molecule is O=C(NC(C(=O)c1ccccc1)c1ccccc1)c1ccccc1Br. The summed E-state index contributed by atoms with van der Waals surface area (Å²) in [5.74, 6) is -0.446. The standard InChI is InChI=1S/C21H16BrNO2/c22-18-14-8-7-13-17(18)21(25)23-19(15-9-3-1-4-10-15)20(24)16-11-5-2-6-12-16/h1-14,19H,(H,23,25). The highest BCUT2D eigenvalue weighted by atomic mass is 79.9. The van der Waals surface area contributed by atoms with Gasteiger partial charge in [0.05, 0.1) is 5.56 Å². The molecule has 0 aliphatic rings. The summed E-state index contributed by atoms with van der Waals surface area (Å²) >= 11 is 3.38. The Hall–Kier alpha value is -2.72. The van der Waals surface area contributed by atoms with Crippen molar-refractivity contribution in [1.29, 1.82) is 0 Å². The van der Waals surface area contributed by atoms with Crippen LogP contribution in [0, 0.1) is 0 Å². The first-order valence-electron chi connectivity index (χ1n) is 7.86. The van der Waals surface area contributed by atoms with Gasteiger partial charge in [0.2, 0.25) is 0 Å².